The number of hydrogen-bond acceptors (Lipinski definition) is 3. The molecular weight excluding hydrogens is 335 g/mol. The molecule has 0 aromatic heterocycles. The van der Waals surface area contributed by atoms with E-state index < -0.39 is 17.3 Å². The minimum Gasteiger partial charge on any atom is -0.308 e. The van der Waals surface area contributed by atoms with Gasteiger partial charge in [0.15, 0.2) is 0 Å². The highest BCUT2D eigenvalue weighted by Crippen LogP contribution is 2.30. The summed E-state index contributed by atoms with van der Waals surface area (Å²) in [6.45, 7) is 3.89. The molecule has 6 nitrogen and oxygen atoms in total. The molecule has 0 radical (unpaired) electrons. The maximum absolute atomic E-state index is 13.2. The first kappa shape index (κ1) is 17.6. The number of benzene rings is 2. The quantitative estimate of drug-likeness (QED) is 0.785. The lowest BCUT2D eigenvalue weighted by Gasteiger charge is -2.29. The van der Waals surface area contributed by atoms with Crippen LogP contribution in [0.2, 0.25) is 0 Å². The van der Waals surface area contributed by atoms with Crippen molar-refractivity contribution >= 4 is 29.0 Å². The Morgan fingerprint density at radius 1 is 1.12 bits per heavy atom. The third-order valence-electron chi connectivity index (χ3n) is 4.01. The van der Waals surface area contributed by atoms with Gasteiger partial charge in [-0.1, -0.05) is 32.0 Å². The van der Waals surface area contributed by atoms with Crippen LogP contribution < -0.4 is 16.1 Å². The smallest absolute Gasteiger partial charge is 0.308 e. The molecule has 1 aliphatic heterocycles. The lowest BCUT2D eigenvalue weighted by Crippen LogP contribution is -2.39. The van der Waals surface area contributed by atoms with Gasteiger partial charge in [-0.25, -0.2) is 14.6 Å². The fourth-order valence-corrected chi connectivity index (χ4v) is 2.85. The van der Waals surface area contributed by atoms with Gasteiger partial charge in [-0.2, -0.15) is 5.10 Å². The molecule has 7 heteroatoms. The predicted octanol–water partition coefficient (Wildman–Crippen LogP) is 3.72. The van der Waals surface area contributed by atoms with Gasteiger partial charge < -0.3 is 10.6 Å². The van der Waals surface area contributed by atoms with Gasteiger partial charge in [0.2, 0.25) is 5.91 Å². The van der Waals surface area contributed by atoms with E-state index in [0.29, 0.717) is 17.8 Å². The molecule has 2 aromatic rings. The van der Waals surface area contributed by atoms with Crippen LogP contribution in [0.25, 0.3) is 0 Å². The average Bonchev–Trinajstić information content (AvgIpc) is 2.54. The Bertz CT molecular complexity index is 893. The van der Waals surface area contributed by atoms with Gasteiger partial charge in [-0.05, 0) is 30.3 Å². The normalized spacial score (nSPS) is 15.7. The highest BCUT2D eigenvalue weighted by atomic mass is 19.1. The molecule has 1 heterocycles. The van der Waals surface area contributed by atoms with Gasteiger partial charge in [-0.15, -0.1) is 0 Å². The van der Waals surface area contributed by atoms with Gasteiger partial charge in [-0.3, -0.25) is 4.79 Å². The van der Waals surface area contributed by atoms with E-state index in [2.05, 4.69) is 21.2 Å². The van der Waals surface area contributed by atoms with Crippen molar-refractivity contribution in [3.63, 3.8) is 0 Å². The molecule has 0 bridgehead atoms. The van der Waals surface area contributed by atoms with Crippen LogP contribution in [0.15, 0.2) is 53.6 Å². The number of anilines is 2. The number of halogens is 1. The summed E-state index contributed by atoms with van der Waals surface area (Å²) in [4.78, 5) is 23.7. The minimum absolute atomic E-state index is 0.123. The van der Waals surface area contributed by atoms with E-state index >= 15 is 0 Å². The van der Waals surface area contributed by atoms with Crippen LogP contribution in [-0.2, 0) is 4.79 Å². The molecule has 0 aliphatic carbocycles. The van der Waals surface area contributed by atoms with Crippen LogP contribution in [0.3, 0.4) is 0 Å². The number of carbonyl (C=O) groups is 2. The lowest BCUT2D eigenvalue weighted by atomic mass is 9.79. The number of hydrazone groups is 1. The Morgan fingerprint density at radius 3 is 2.42 bits per heavy atom. The highest BCUT2D eigenvalue weighted by Gasteiger charge is 2.33. The maximum atomic E-state index is 13.2. The first-order valence-corrected chi connectivity index (χ1v) is 8.14. The average molecular weight is 354 g/mol. The second kappa shape index (κ2) is 6.95. The summed E-state index contributed by atoms with van der Waals surface area (Å²) in [5, 5.41) is 9.46. The zero-order valence-electron chi connectivity index (χ0n) is 14.5. The molecule has 134 valence electrons. The van der Waals surface area contributed by atoms with Crippen LogP contribution in [0, 0.1) is 11.2 Å². The number of amides is 3. The number of urea groups is 1. The second-order valence-electron chi connectivity index (χ2n) is 6.73. The number of rotatable bonds is 3. The summed E-state index contributed by atoms with van der Waals surface area (Å²) in [5.74, 6) is -0.549. The summed E-state index contributed by atoms with van der Waals surface area (Å²) in [6.07, 6.45) is 0.337. The molecule has 2 aromatic carbocycles. The molecule has 0 spiro atoms. The predicted molar refractivity (Wildman–Crippen MR) is 98.6 cm³/mol. The van der Waals surface area contributed by atoms with Gasteiger partial charge in [0.25, 0.3) is 0 Å². The van der Waals surface area contributed by atoms with E-state index in [0.717, 1.165) is 11.3 Å². The summed E-state index contributed by atoms with van der Waals surface area (Å²) >= 11 is 0. The van der Waals surface area contributed by atoms with Gasteiger partial charge >= 0.3 is 6.03 Å². The standard InChI is InChI=1S/C19H19FN4O2/c1-19(2)11-16(25)23-24-17(19)12-5-3-7-14(9-12)21-18(26)22-15-8-4-6-13(20)10-15/h3-10H,11H2,1-2H3,(H,23,25)(H2,21,22,26). The molecule has 0 saturated carbocycles. The molecule has 0 saturated heterocycles. The van der Waals surface area contributed by atoms with Crippen molar-refractivity contribution in [3.8, 4) is 0 Å². The Balaban J connectivity index is 1.75. The number of hydrogen-bond donors (Lipinski definition) is 3. The fraction of sp³-hybridized carbons (Fsp3) is 0.211. The molecule has 0 fully saturated rings. The first-order chi connectivity index (χ1) is 12.3. The van der Waals surface area contributed by atoms with Crippen molar-refractivity contribution in [2.45, 2.75) is 20.3 Å². The molecule has 3 rings (SSSR count). The SMILES string of the molecule is CC1(C)CC(=O)NN=C1c1cccc(NC(=O)Nc2cccc(F)c2)c1. The molecule has 1 aliphatic rings. The lowest BCUT2D eigenvalue weighted by molar-refractivity contribution is -0.122. The summed E-state index contributed by atoms with van der Waals surface area (Å²) in [5.41, 5.74) is 4.55. The summed E-state index contributed by atoms with van der Waals surface area (Å²) in [7, 11) is 0. The van der Waals surface area contributed by atoms with Crippen LogP contribution in [0.1, 0.15) is 25.8 Å². The molecular formula is C19H19FN4O2. The van der Waals surface area contributed by atoms with E-state index in [1.165, 1.54) is 18.2 Å². The molecule has 26 heavy (non-hydrogen) atoms. The maximum Gasteiger partial charge on any atom is 0.323 e. The van der Waals surface area contributed by atoms with Gasteiger partial charge in [0, 0.05) is 28.8 Å². The number of nitrogens with zero attached hydrogens (tertiary/aromatic N) is 1. The summed E-state index contributed by atoms with van der Waals surface area (Å²) in [6, 6.07) is 12.4. The molecule has 3 amide bonds. The third kappa shape index (κ3) is 4.05. The van der Waals surface area contributed by atoms with E-state index in [-0.39, 0.29) is 5.91 Å². The monoisotopic (exact) mass is 354 g/mol. The van der Waals surface area contributed by atoms with Gasteiger partial charge in [0.1, 0.15) is 5.82 Å². The van der Waals surface area contributed by atoms with Crippen molar-refractivity contribution in [2.75, 3.05) is 10.6 Å². The largest absolute Gasteiger partial charge is 0.323 e. The van der Waals surface area contributed by atoms with Crippen molar-refractivity contribution in [1.82, 2.24) is 5.43 Å². The van der Waals surface area contributed by atoms with Crippen LogP contribution >= 0.6 is 0 Å². The topological polar surface area (TPSA) is 82.6 Å². The molecule has 0 unspecified atom stereocenters. The Hall–Kier alpha value is -3.22. The van der Waals surface area contributed by atoms with Crippen molar-refractivity contribution in [1.29, 1.82) is 0 Å². The Kier molecular flexibility index (Phi) is 4.71. The minimum atomic E-state index is -0.481. The van der Waals surface area contributed by atoms with E-state index in [1.807, 2.05) is 19.9 Å². The van der Waals surface area contributed by atoms with Crippen LogP contribution in [0.4, 0.5) is 20.6 Å². The second-order valence-corrected chi connectivity index (χ2v) is 6.73. The molecule has 3 N–H and O–H groups in total. The van der Waals surface area contributed by atoms with Gasteiger partial charge in [0.05, 0.1) is 5.71 Å². The van der Waals surface area contributed by atoms with E-state index in [4.69, 9.17) is 0 Å². The Labute approximate surface area is 150 Å². The van der Waals surface area contributed by atoms with E-state index in [9.17, 15) is 14.0 Å². The first-order valence-electron chi connectivity index (χ1n) is 8.14. The third-order valence-corrected chi connectivity index (χ3v) is 4.01. The van der Waals surface area contributed by atoms with Crippen molar-refractivity contribution in [3.05, 3.63) is 59.9 Å². The Morgan fingerprint density at radius 2 is 1.77 bits per heavy atom. The fourth-order valence-electron chi connectivity index (χ4n) is 2.85. The molecule has 0 atom stereocenters. The number of nitrogens with one attached hydrogen (secondary N) is 3. The van der Waals surface area contributed by atoms with Crippen molar-refractivity contribution < 1.29 is 14.0 Å². The summed E-state index contributed by atoms with van der Waals surface area (Å²) < 4.78 is 13.2. The number of carbonyl (C=O) groups excluding carboxylic acids is 2. The van der Waals surface area contributed by atoms with Crippen molar-refractivity contribution in [2.24, 2.45) is 10.5 Å². The van der Waals surface area contributed by atoms with Crippen LogP contribution in [0.5, 0.6) is 0 Å². The van der Waals surface area contributed by atoms with E-state index in [1.54, 1.807) is 24.3 Å². The highest BCUT2D eigenvalue weighted by molar-refractivity contribution is 6.09. The zero-order valence-corrected chi connectivity index (χ0v) is 14.5. The zero-order chi connectivity index (χ0) is 18.7. The van der Waals surface area contributed by atoms with Crippen LogP contribution in [-0.4, -0.2) is 17.6 Å².